The Labute approximate surface area is 159 Å². The van der Waals surface area contributed by atoms with Crippen LogP contribution in [0.25, 0.3) is 0 Å². The second-order valence-corrected chi connectivity index (χ2v) is 5.43. The van der Waals surface area contributed by atoms with Crippen LogP contribution < -0.4 is 9.47 Å². The summed E-state index contributed by atoms with van der Waals surface area (Å²) >= 11 is 0. The minimum atomic E-state index is -1.68. The zero-order valence-corrected chi connectivity index (χ0v) is 16.5. The van der Waals surface area contributed by atoms with Crippen LogP contribution >= 0.6 is 0 Å². The van der Waals surface area contributed by atoms with Crippen molar-refractivity contribution in [1.29, 1.82) is 0 Å². The highest BCUT2D eigenvalue weighted by Gasteiger charge is 2.49. The molecule has 0 radical (unpaired) electrons. The zero-order valence-electron chi connectivity index (χ0n) is 16.5. The van der Waals surface area contributed by atoms with Crippen molar-refractivity contribution in [1.82, 2.24) is 0 Å². The Hall–Kier alpha value is -2.16. The predicted octanol–water partition coefficient (Wildman–Crippen LogP) is 3.23. The normalized spacial score (nSPS) is 12.1. The summed E-state index contributed by atoms with van der Waals surface area (Å²) in [6.07, 6.45) is 0. The van der Waals surface area contributed by atoms with Crippen LogP contribution in [0.15, 0.2) is 48.5 Å². The number of hydrogen-bond acceptors (Lipinski definition) is 7. The molecule has 2 aromatic rings. The molecule has 0 atom stereocenters. The first-order valence-electron chi connectivity index (χ1n) is 8.24. The van der Waals surface area contributed by atoms with Crippen molar-refractivity contribution in [2.45, 2.75) is 11.9 Å². The minimum Gasteiger partial charge on any atom is -0.496 e. The van der Waals surface area contributed by atoms with Crippen molar-refractivity contribution in [3.8, 4) is 11.5 Å². The Bertz CT molecular complexity index is 662. The molecule has 0 aromatic heterocycles. The van der Waals surface area contributed by atoms with Crippen LogP contribution in [0.4, 0.5) is 0 Å². The molecule has 0 N–H and O–H groups in total. The minimum absolute atomic E-state index is 0.505. The first kappa shape index (κ1) is 21.1. The van der Waals surface area contributed by atoms with Gasteiger partial charge in [-0.05, 0) is 24.3 Å². The highest BCUT2D eigenvalue weighted by atomic mass is 17.0. The summed E-state index contributed by atoms with van der Waals surface area (Å²) in [4.78, 5) is 0. The molecule has 0 fully saturated rings. The van der Waals surface area contributed by atoms with E-state index >= 15 is 0 Å². The van der Waals surface area contributed by atoms with E-state index in [1.165, 1.54) is 28.4 Å². The number of para-hydroxylation sites is 2. The Morgan fingerprint density at radius 2 is 0.852 bits per heavy atom. The maximum atomic E-state index is 6.23. The van der Waals surface area contributed by atoms with E-state index < -0.39 is 11.9 Å². The van der Waals surface area contributed by atoms with Gasteiger partial charge in [-0.25, -0.2) is 0 Å². The van der Waals surface area contributed by atoms with Gasteiger partial charge < -0.3 is 28.4 Å². The maximum Gasteiger partial charge on any atom is 0.319 e. The van der Waals surface area contributed by atoms with Gasteiger partial charge in [0.15, 0.2) is 0 Å². The topological polar surface area (TPSA) is 64.6 Å². The fraction of sp³-hybridized carbons (Fsp3) is 0.400. The van der Waals surface area contributed by atoms with Crippen LogP contribution in [0, 0.1) is 0 Å². The van der Waals surface area contributed by atoms with E-state index in [4.69, 9.17) is 33.2 Å². The zero-order chi connectivity index (χ0) is 19.9. The lowest BCUT2D eigenvalue weighted by Gasteiger charge is -2.40. The van der Waals surface area contributed by atoms with Crippen LogP contribution in [0.5, 0.6) is 11.5 Å². The Balaban J connectivity index is 2.63. The van der Waals surface area contributed by atoms with Gasteiger partial charge in [-0.2, -0.15) is 0 Å². The number of methoxy groups -OCH3 is 6. The fourth-order valence-corrected chi connectivity index (χ4v) is 2.86. The van der Waals surface area contributed by atoms with Crippen LogP contribution in [0.1, 0.15) is 11.1 Å². The lowest BCUT2D eigenvalue weighted by Crippen LogP contribution is -2.46. The summed E-state index contributed by atoms with van der Waals surface area (Å²) in [5, 5.41) is 0. The molecule has 0 aliphatic carbocycles. The van der Waals surface area contributed by atoms with E-state index in [0.29, 0.717) is 22.6 Å². The molecule has 2 rings (SSSR count). The lowest BCUT2D eigenvalue weighted by molar-refractivity contribution is -0.507. The van der Waals surface area contributed by atoms with Crippen LogP contribution in [-0.2, 0) is 35.6 Å². The summed E-state index contributed by atoms with van der Waals surface area (Å²) < 4.78 is 39.7. The predicted molar refractivity (Wildman–Crippen MR) is 98.5 cm³/mol. The van der Waals surface area contributed by atoms with E-state index in [-0.39, 0.29) is 0 Å². The lowest BCUT2D eigenvalue weighted by atomic mass is 10.1. The molecular weight excluding hydrogens is 352 g/mol. The van der Waals surface area contributed by atoms with E-state index in [2.05, 4.69) is 0 Å². The van der Waals surface area contributed by atoms with Crippen molar-refractivity contribution < 1.29 is 33.2 Å². The summed E-state index contributed by atoms with van der Waals surface area (Å²) in [5.41, 5.74) is 1.01. The summed E-state index contributed by atoms with van der Waals surface area (Å²) in [5.74, 6) is -2.33. The number of ether oxygens (including phenoxy) is 7. The van der Waals surface area contributed by atoms with Crippen LogP contribution in [0.2, 0.25) is 0 Å². The van der Waals surface area contributed by atoms with Crippen molar-refractivity contribution in [3.05, 3.63) is 59.7 Å². The van der Waals surface area contributed by atoms with Gasteiger partial charge in [0, 0.05) is 28.4 Å². The van der Waals surface area contributed by atoms with E-state index in [0.717, 1.165) is 0 Å². The molecule has 2 aromatic carbocycles. The molecule has 27 heavy (non-hydrogen) atoms. The SMILES string of the molecule is COc1ccccc1C(OC)(OC)OC(OC)(OC)c1ccccc1OC. The monoisotopic (exact) mass is 378 g/mol. The first-order chi connectivity index (χ1) is 13.1. The Morgan fingerprint density at radius 3 is 1.15 bits per heavy atom. The molecule has 148 valence electrons. The van der Waals surface area contributed by atoms with Crippen LogP contribution in [-0.4, -0.2) is 42.7 Å². The van der Waals surface area contributed by atoms with Gasteiger partial charge in [0.25, 0.3) is 0 Å². The van der Waals surface area contributed by atoms with Crippen molar-refractivity contribution in [3.63, 3.8) is 0 Å². The molecule has 0 bridgehead atoms. The van der Waals surface area contributed by atoms with E-state index in [9.17, 15) is 0 Å². The second kappa shape index (κ2) is 9.16. The average molecular weight is 378 g/mol. The third kappa shape index (κ3) is 3.92. The van der Waals surface area contributed by atoms with E-state index in [1.807, 2.05) is 24.3 Å². The molecule has 0 aliphatic rings. The van der Waals surface area contributed by atoms with Gasteiger partial charge in [0.1, 0.15) is 11.5 Å². The Kier molecular flexibility index (Phi) is 7.18. The standard InChI is InChI=1S/C20H26O7/c1-21-17-13-9-7-11-15(17)19(23-3,24-4)27-20(25-5,26-6)16-12-8-10-14-18(16)22-2/h7-14H,1-6H3. The molecule has 7 nitrogen and oxygen atoms in total. The van der Waals surface area contributed by atoms with Crippen molar-refractivity contribution >= 4 is 0 Å². The molecule has 0 spiro atoms. The van der Waals surface area contributed by atoms with Crippen molar-refractivity contribution in [2.24, 2.45) is 0 Å². The fourth-order valence-electron chi connectivity index (χ4n) is 2.86. The average Bonchev–Trinajstić information content (AvgIpc) is 2.75. The highest BCUT2D eigenvalue weighted by Crippen LogP contribution is 2.44. The van der Waals surface area contributed by atoms with Gasteiger partial charge in [-0.3, -0.25) is 4.74 Å². The maximum absolute atomic E-state index is 6.23. The van der Waals surface area contributed by atoms with Gasteiger partial charge in [0.2, 0.25) is 0 Å². The highest BCUT2D eigenvalue weighted by molar-refractivity contribution is 5.38. The molecule has 0 unspecified atom stereocenters. The van der Waals surface area contributed by atoms with Crippen molar-refractivity contribution in [2.75, 3.05) is 42.7 Å². The largest absolute Gasteiger partial charge is 0.496 e. The summed E-state index contributed by atoms with van der Waals surface area (Å²) in [6.45, 7) is 0. The quantitative estimate of drug-likeness (QED) is 0.588. The first-order valence-corrected chi connectivity index (χ1v) is 8.24. The number of hydrogen-bond donors (Lipinski definition) is 0. The third-order valence-corrected chi connectivity index (χ3v) is 4.22. The van der Waals surface area contributed by atoms with Crippen LogP contribution in [0.3, 0.4) is 0 Å². The van der Waals surface area contributed by atoms with Gasteiger partial charge in [-0.15, -0.1) is 0 Å². The van der Waals surface area contributed by atoms with Gasteiger partial charge in [-0.1, -0.05) is 24.3 Å². The second-order valence-electron chi connectivity index (χ2n) is 5.43. The third-order valence-electron chi connectivity index (χ3n) is 4.22. The van der Waals surface area contributed by atoms with E-state index in [1.54, 1.807) is 38.5 Å². The van der Waals surface area contributed by atoms with Gasteiger partial charge in [0.05, 0.1) is 25.3 Å². The summed E-state index contributed by atoms with van der Waals surface area (Å²) in [7, 11) is 8.91. The Morgan fingerprint density at radius 1 is 0.519 bits per heavy atom. The molecule has 0 amide bonds. The molecule has 0 aliphatic heterocycles. The number of rotatable bonds is 10. The summed E-state index contributed by atoms with van der Waals surface area (Å²) in [6, 6.07) is 14.4. The molecule has 7 heteroatoms. The smallest absolute Gasteiger partial charge is 0.319 e. The molecular formula is C20H26O7. The van der Waals surface area contributed by atoms with Gasteiger partial charge >= 0.3 is 11.9 Å². The molecule has 0 saturated heterocycles. The molecule has 0 saturated carbocycles. The molecule has 0 heterocycles. The number of benzene rings is 2.